The molecule has 3 heterocycles. The summed E-state index contributed by atoms with van der Waals surface area (Å²) in [5, 5.41) is 2.92. The summed E-state index contributed by atoms with van der Waals surface area (Å²) < 4.78 is 0. The third kappa shape index (κ3) is 5.19. The first-order valence-electron chi connectivity index (χ1n) is 10.2. The molecule has 3 aromatic rings. The van der Waals surface area contributed by atoms with Crippen LogP contribution in [0.4, 0.5) is 5.82 Å². The molecule has 148 valence electrons. The summed E-state index contributed by atoms with van der Waals surface area (Å²) in [5.74, 6) is 1.57. The van der Waals surface area contributed by atoms with Crippen molar-refractivity contribution >= 4 is 11.7 Å². The highest BCUT2D eigenvalue weighted by Gasteiger charge is 2.20. The van der Waals surface area contributed by atoms with Gasteiger partial charge in [-0.1, -0.05) is 30.3 Å². The van der Waals surface area contributed by atoms with Gasteiger partial charge in [-0.3, -0.25) is 9.78 Å². The van der Waals surface area contributed by atoms with Gasteiger partial charge in [-0.15, -0.1) is 0 Å². The first kappa shape index (κ1) is 19.1. The molecule has 5 heteroatoms. The van der Waals surface area contributed by atoms with Crippen LogP contribution in [0.5, 0.6) is 0 Å². The molecule has 5 nitrogen and oxygen atoms in total. The fraction of sp³-hybridized carbons (Fsp3) is 0.292. The number of hydrogen-bond donors (Lipinski definition) is 1. The summed E-state index contributed by atoms with van der Waals surface area (Å²) in [4.78, 5) is 23.2. The monoisotopic (exact) mass is 386 g/mol. The van der Waals surface area contributed by atoms with E-state index < -0.39 is 0 Å². The molecule has 29 heavy (non-hydrogen) atoms. The van der Waals surface area contributed by atoms with Gasteiger partial charge in [0.1, 0.15) is 5.82 Å². The molecule has 1 fully saturated rings. The van der Waals surface area contributed by atoms with E-state index in [1.807, 2.05) is 24.3 Å². The number of aromatic nitrogens is 2. The van der Waals surface area contributed by atoms with Crippen molar-refractivity contribution in [3.05, 3.63) is 89.9 Å². The fourth-order valence-corrected chi connectivity index (χ4v) is 3.81. The van der Waals surface area contributed by atoms with Crippen LogP contribution >= 0.6 is 0 Å². The van der Waals surface area contributed by atoms with E-state index in [0.29, 0.717) is 12.1 Å². The smallest absolute Gasteiger partial charge is 0.253 e. The highest BCUT2D eigenvalue weighted by Crippen LogP contribution is 2.24. The number of rotatable bonds is 6. The van der Waals surface area contributed by atoms with Crippen LogP contribution in [0.15, 0.2) is 73.2 Å². The lowest BCUT2D eigenvalue weighted by Crippen LogP contribution is -2.35. The van der Waals surface area contributed by atoms with Crippen LogP contribution in [-0.2, 0) is 13.0 Å². The Morgan fingerprint density at radius 3 is 2.41 bits per heavy atom. The molecule has 1 aliphatic heterocycles. The lowest BCUT2D eigenvalue weighted by atomic mass is 9.90. The van der Waals surface area contributed by atoms with Crippen molar-refractivity contribution in [2.75, 3.05) is 18.0 Å². The van der Waals surface area contributed by atoms with Gasteiger partial charge in [-0.05, 0) is 60.6 Å². The molecule has 0 bridgehead atoms. The van der Waals surface area contributed by atoms with E-state index in [-0.39, 0.29) is 5.91 Å². The van der Waals surface area contributed by atoms with Gasteiger partial charge in [0.2, 0.25) is 0 Å². The Balaban J connectivity index is 1.27. The third-order valence-electron chi connectivity index (χ3n) is 5.52. The molecule has 1 aromatic carbocycles. The van der Waals surface area contributed by atoms with E-state index >= 15 is 0 Å². The predicted octanol–water partition coefficient (Wildman–Crippen LogP) is 3.87. The van der Waals surface area contributed by atoms with Crippen molar-refractivity contribution in [2.24, 2.45) is 5.92 Å². The van der Waals surface area contributed by atoms with E-state index in [9.17, 15) is 4.79 Å². The maximum absolute atomic E-state index is 12.3. The summed E-state index contributed by atoms with van der Waals surface area (Å²) in [6, 6.07) is 18.3. The van der Waals surface area contributed by atoms with Gasteiger partial charge in [0.15, 0.2) is 0 Å². The Morgan fingerprint density at radius 2 is 1.72 bits per heavy atom. The average Bonchev–Trinajstić information content (AvgIpc) is 2.79. The molecule has 0 spiro atoms. The van der Waals surface area contributed by atoms with E-state index in [0.717, 1.165) is 36.8 Å². The van der Waals surface area contributed by atoms with E-state index in [4.69, 9.17) is 0 Å². The summed E-state index contributed by atoms with van der Waals surface area (Å²) in [6.45, 7) is 2.51. The number of anilines is 1. The Hall–Kier alpha value is -3.21. The van der Waals surface area contributed by atoms with Gasteiger partial charge in [-0.2, -0.15) is 0 Å². The summed E-state index contributed by atoms with van der Waals surface area (Å²) in [7, 11) is 0. The molecule has 2 aromatic heterocycles. The van der Waals surface area contributed by atoms with Gasteiger partial charge in [-0.25, -0.2) is 4.98 Å². The summed E-state index contributed by atoms with van der Waals surface area (Å²) in [6.07, 6.45) is 8.61. The number of nitrogens with one attached hydrogen (secondary N) is 1. The second kappa shape index (κ2) is 9.32. The topological polar surface area (TPSA) is 58.1 Å². The summed E-state index contributed by atoms with van der Waals surface area (Å²) in [5.41, 5.74) is 3.03. The highest BCUT2D eigenvalue weighted by molar-refractivity contribution is 5.94. The number of piperidine rings is 1. The van der Waals surface area contributed by atoms with Crippen LogP contribution in [0.2, 0.25) is 0 Å². The SMILES string of the molecule is O=C(NCc1ccncc1)c1ccc(N2CCC(Cc3ccccc3)CC2)nc1. The maximum atomic E-state index is 12.3. The number of pyridine rings is 2. The van der Waals surface area contributed by atoms with Crippen LogP contribution in [0.3, 0.4) is 0 Å². The zero-order valence-electron chi connectivity index (χ0n) is 16.5. The molecule has 1 saturated heterocycles. The number of carbonyl (C=O) groups excluding carboxylic acids is 1. The molecule has 0 aliphatic carbocycles. The molecule has 1 N–H and O–H groups in total. The first-order chi connectivity index (χ1) is 14.3. The van der Waals surface area contributed by atoms with Crippen molar-refractivity contribution in [1.82, 2.24) is 15.3 Å². The normalized spacial score (nSPS) is 14.6. The Morgan fingerprint density at radius 1 is 0.966 bits per heavy atom. The molecule has 1 aliphatic rings. The Kier molecular flexibility index (Phi) is 6.15. The standard InChI is InChI=1S/C24H26N4O/c29-24(27-17-21-8-12-25-13-9-21)22-6-7-23(26-18-22)28-14-10-20(11-15-28)16-19-4-2-1-3-5-19/h1-9,12-13,18,20H,10-11,14-17H2,(H,27,29). The van der Waals surface area contributed by atoms with Gasteiger partial charge in [0.05, 0.1) is 5.56 Å². The quantitative estimate of drug-likeness (QED) is 0.699. The zero-order valence-corrected chi connectivity index (χ0v) is 16.5. The van der Waals surface area contributed by atoms with E-state index in [1.54, 1.807) is 18.6 Å². The van der Waals surface area contributed by atoms with Gasteiger partial charge < -0.3 is 10.2 Å². The average molecular weight is 386 g/mol. The number of amides is 1. The molecular weight excluding hydrogens is 360 g/mol. The van der Waals surface area contributed by atoms with Crippen LogP contribution in [0.1, 0.15) is 34.3 Å². The van der Waals surface area contributed by atoms with Gasteiger partial charge in [0, 0.05) is 38.2 Å². The minimum atomic E-state index is -0.109. The maximum Gasteiger partial charge on any atom is 0.253 e. The Bertz CT molecular complexity index is 905. The van der Waals surface area contributed by atoms with E-state index in [1.165, 1.54) is 18.4 Å². The Labute approximate surface area is 171 Å². The predicted molar refractivity (Wildman–Crippen MR) is 115 cm³/mol. The largest absolute Gasteiger partial charge is 0.357 e. The second-order valence-electron chi connectivity index (χ2n) is 7.56. The first-order valence-corrected chi connectivity index (χ1v) is 10.2. The van der Waals surface area contributed by atoms with Crippen molar-refractivity contribution in [3.8, 4) is 0 Å². The van der Waals surface area contributed by atoms with Gasteiger partial charge >= 0.3 is 0 Å². The molecule has 0 radical (unpaired) electrons. The zero-order chi connectivity index (χ0) is 19.9. The van der Waals surface area contributed by atoms with Crippen molar-refractivity contribution in [3.63, 3.8) is 0 Å². The van der Waals surface area contributed by atoms with Crippen LogP contribution < -0.4 is 10.2 Å². The molecule has 0 atom stereocenters. The van der Waals surface area contributed by atoms with Crippen LogP contribution in [0, 0.1) is 5.92 Å². The number of nitrogens with zero attached hydrogens (tertiary/aromatic N) is 3. The van der Waals surface area contributed by atoms with Crippen molar-refractivity contribution < 1.29 is 4.79 Å². The van der Waals surface area contributed by atoms with Crippen molar-refractivity contribution in [2.45, 2.75) is 25.8 Å². The lowest BCUT2D eigenvalue weighted by molar-refractivity contribution is 0.0950. The second-order valence-corrected chi connectivity index (χ2v) is 7.56. The number of benzene rings is 1. The molecule has 0 saturated carbocycles. The molecule has 0 unspecified atom stereocenters. The molecular formula is C24H26N4O. The van der Waals surface area contributed by atoms with Crippen molar-refractivity contribution in [1.29, 1.82) is 0 Å². The minimum absolute atomic E-state index is 0.109. The molecule has 1 amide bonds. The number of hydrogen-bond acceptors (Lipinski definition) is 4. The third-order valence-corrected chi connectivity index (χ3v) is 5.52. The summed E-state index contributed by atoms with van der Waals surface area (Å²) >= 11 is 0. The fourth-order valence-electron chi connectivity index (χ4n) is 3.81. The minimum Gasteiger partial charge on any atom is -0.357 e. The van der Waals surface area contributed by atoms with Crippen LogP contribution in [0.25, 0.3) is 0 Å². The lowest BCUT2D eigenvalue weighted by Gasteiger charge is -2.33. The van der Waals surface area contributed by atoms with E-state index in [2.05, 4.69) is 50.5 Å². The number of carbonyl (C=O) groups is 1. The highest BCUT2D eigenvalue weighted by atomic mass is 16.1. The van der Waals surface area contributed by atoms with Crippen LogP contribution in [-0.4, -0.2) is 29.0 Å². The molecule has 4 rings (SSSR count). The van der Waals surface area contributed by atoms with Gasteiger partial charge in [0.25, 0.3) is 5.91 Å².